The molecule has 2 saturated heterocycles. The van der Waals surface area contributed by atoms with Crippen LogP contribution in [0.1, 0.15) is 13.3 Å². The molecule has 0 saturated carbocycles. The first-order valence-electron chi connectivity index (χ1n) is 6.70. The summed E-state index contributed by atoms with van der Waals surface area (Å²) in [7, 11) is 0. The summed E-state index contributed by atoms with van der Waals surface area (Å²) in [6.07, 6.45) is 0.905. The molecule has 2 heterocycles. The smallest absolute Gasteiger partial charge is 0.312 e. The summed E-state index contributed by atoms with van der Waals surface area (Å²) in [6.45, 7) is 4.92. The summed E-state index contributed by atoms with van der Waals surface area (Å²) in [6, 6.07) is 0.134. The van der Waals surface area contributed by atoms with E-state index in [1.165, 1.54) is 9.80 Å². The first-order chi connectivity index (χ1) is 9.11. The van der Waals surface area contributed by atoms with Gasteiger partial charge in [-0.3, -0.25) is 14.4 Å². The Labute approximate surface area is 124 Å². The highest BCUT2D eigenvalue weighted by molar-refractivity contribution is 6.35. The van der Waals surface area contributed by atoms with Crippen molar-refractivity contribution in [2.45, 2.75) is 19.4 Å². The van der Waals surface area contributed by atoms with E-state index >= 15 is 0 Å². The fraction of sp³-hybridized carbons (Fsp3) is 0.750. The Morgan fingerprint density at radius 2 is 1.95 bits per heavy atom. The SMILES string of the molecule is CCN1CCN(CC(=O)NC2CCNC2)C(=O)C1=O.Cl. The molecule has 114 valence electrons. The maximum atomic E-state index is 11.8. The van der Waals surface area contributed by atoms with Gasteiger partial charge in [0.1, 0.15) is 6.54 Å². The molecule has 2 aliphatic heterocycles. The van der Waals surface area contributed by atoms with Crippen molar-refractivity contribution in [3.8, 4) is 0 Å². The number of hydrogen-bond acceptors (Lipinski definition) is 4. The van der Waals surface area contributed by atoms with Gasteiger partial charge in [0, 0.05) is 32.2 Å². The third kappa shape index (κ3) is 3.83. The minimum atomic E-state index is -0.576. The molecular formula is C12H21ClN4O3. The Hall–Kier alpha value is -1.34. The lowest BCUT2D eigenvalue weighted by molar-refractivity contribution is -0.156. The van der Waals surface area contributed by atoms with Gasteiger partial charge in [-0.2, -0.15) is 0 Å². The molecule has 2 fully saturated rings. The van der Waals surface area contributed by atoms with Crippen LogP contribution in [0.15, 0.2) is 0 Å². The summed E-state index contributed by atoms with van der Waals surface area (Å²) in [5, 5.41) is 6.02. The molecule has 1 atom stereocenters. The number of halogens is 1. The fourth-order valence-electron chi connectivity index (χ4n) is 2.39. The van der Waals surface area contributed by atoms with Crippen molar-refractivity contribution in [3.63, 3.8) is 0 Å². The second-order valence-electron chi connectivity index (χ2n) is 4.87. The molecule has 8 heteroatoms. The second-order valence-corrected chi connectivity index (χ2v) is 4.87. The molecule has 0 aromatic rings. The molecule has 0 bridgehead atoms. The molecule has 0 aromatic carbocycles. The maximum absolute atomic E-state index is 11.8. The number of carbonyl (C=O) groups excluding carboxylic acids is 3. The Kier molecular flexibility index (Phi) is 6.22. The maximum Gasteiger partial charge on any atom is 0.312 e. The number of amides is 3. The summed E-state index contributed by atoms with van der Waals surface area (Å²) in [5.74, 6) is -1.28. The summed E-state index contributed by atoms with van der Waals surface area (Å²) in [5.41, 5.74) is 0. The predicted octanol–water partition coefficient (Wildman–Crippen LogP) is -1.42. The van der Waals surface area contributed by atoms with Gasteiger partial charge in [0.05, 0.1) is 0 Å². The van der Waals surface area contributed by atoms with Gasteiger partial charge in [-0.25, -0.2) is 0 Å². The van der Waals surface area contributed by atoms with Crippen molar-refractivity contribution in [2.24, 2.45) is 0 Å². The van der Waals surface area contributed by atoms with Gasteiger partial charge in [-0.15, -0.1) is 12.4 Å². The Balaban J connectivity index is 0.00000200. The third-order valence-corrected chi connectivity index (χ3v) is 3.54. The summed E-state index contributed by atoms with van der Waals surface area (Å²) >= 11 is 0. The van der Waals surface area contributed by atoms with Gasteiger partial charge in [-0.1, -0.05) is 0 Å². The van der Waals surface area contributed by atoms with Crippen molar-refractivity contribution < 1.29 is 14.4 Å². The van der Waals surface area contributed by atoms with Crippen molar-refractivity contribution in [1.82, 2.24) is 20.4 Å². The van der Waals surface area contributed by atoms with Gasteiger partial charge in [0.15, 0.2) is 0 Å². The Morgan fingerprint density at radius 3 is 2.55 bits per heavy atom. The second kappa shape index (κ2) is 7.44. The number of carbonyl (C=O) groups is 3. The molecule has 1 unspecified atom stereocenters. The van der Waals surface area contributed by atoms with Crippen LogP contribution in [-0.4, -0.2) is 72.8 Å². The molecule has 0 radical (unpaired) electrons. The zero-order chi connectivity index (χ0) is 13.8. The number of nitrogens with zero attached hydrogens (tertiary/aromatic N) is 2. The highest BCUT2D eigenvalue weighted by Crippen LogP contribution is 2.05. The van der Waals surface area contributed by atoms with E-state index in [2.05, 4.69) is 10.6 Å². The van der Waals surface area contributed by atoms with Gasteiger partial charge >= 0.3 is 11.8 Å². The van der Waals surface area contributed by atoms with Gasteiger partial charge in [-0.05, 0) is 19.9 Å². The predicted molar refractivity (Wildman–Crippen MR) is 75.5 cm³/mol. The molecule has 7 nitrogen and oxygen atoms in total. The normalized spacial score (nSPS) is 22.8. The highest BCUT2D eigenvalue weighted by atomic mass is 35.5. The van der Waals surface area contributed by atoms with E-state index in [-0.39, 0.29) is 30.9 Å². The van der Waals surface area contributed by atoms with Crippen LogP contribution in [0, 0.1) is 0 Å². The van der Waals surface area contributed by atoms with E-state index in [9.17, 15) is 14.4 Å². The average Bonchev–Trinajstić information content (AvgIpc) is 2.88. The molecule has 2 aliphatic rings. The van der Waals surface area contributed by atoms with Crippen LogP contribution < -0.4 is 10.6 Å². The molecule has 0 aliphatic carbocycles. The molecule has 2 N–H and O–H groups in total. The van der Waals surface area contributed by atoms with E-state index in [1.807, 2.05) is 6.92 Å². The molecule has 3 amide bonds. The zero-order valence-electron chi connectivity index (χ0n) is 11.6. The van der Waals surface area contributed by atoms with Crippen LogP contribution in [0.25, 0.3) is 0 Å². The number of nitrogens with one attached hydrogen (secondary N) is 2. The first-order valence-corrected chi connectivity index (χ1v) is 6.70. The molecule has 2 rings (SSSR count). The number of hydrogen-bond donors (Lipinski definition) is 2. The van der Waals surface area contributed by atoms with Crippen molar-refractivity contribution in [2.75, 3.05) is 39.3 Å². The van der Waals surface area contributed by atoms with Crippen LogP contribution >= 0.6 is 12.4 Å². The van der Waals surface area contributed by atoms with E-state index < -0.39 is 11.8 Å². The van der Waals surface area contributed by atoms with Crippen molar-refractivity contribution in [1.29, 1.82) is 0 Å². The first kappa shape index (κ1) is 16.7. The Morgan fingerprint density at radius 1 is 1.30 bits per heavy atom. The standard InChI is InChI=1S/C12H20N4O3.ClH/c1-2-15-5-6-16(12(19)11(15)18)8-10(17)14-9-3-4-13-7-9;/h9,13H,2-8H2,1H3,(H,14,17);1H. The van der Waals surface area contributed by atoms with E-state index in [1.54, 1.807) is 0 Å². The minimum absolute atomic E-state index is 0. The van der Waals surface area contributed by atoms with Crippen LogP contribution in [0.4, 0.5) is 0 Å². The number of rotatable bonds is 4. The van der Waals surface area contributed by atoms with Gasteiger partial charge < -0.3 is 20.4 Å². The van der Waals surface area contributed by atoms with Crippen LogP contribution in [-0.2, 0) is 14.4 Å². The van der Waals surface area contributed by atoms with Crippen LogP contribution in [0.3, 0.4) is 0 Å². The van der Waals surface area contributed by atoms with Crippen molar-refractivity contribution >= 4 is 30.1 Å². The average molecular weight is 305 g/mol. The Bertz CT molecular complexity index is 385. The lowest BCUT2D eigenvalue weighted by atomic mass is 10.2. The fourth-order valence-corrected chi connectivity index (χ4v) is 2.39. The molecular weight excluding hydrogens is 284 g/mol. The van der Waals surface area contributed by atoms with Crippen molar-refractivity contribution in [3.05, 3.63) is 0 Å². The molecule has 0 spiro atoms. The minimum Gasteiger partial charge on any atom is -0.351 e. The highest BCUT2D eigenvalue weighted by Gasteiger charge is 2.32. The van der Waals surface area contributed by atoms with E-state index in [0.717, 1.165) is 19.5 Å². The van der Waals surface area contributed by atoms with Crippen LogP contribution in [0.2, 0.25) is 0 Å². The number of piperazine rings is 1. The van der Waals surface area contributed by atoms with E-state index in [4.69, 9.17) is 0 Å². The third-order valence-electron chi connectivity index (χ3n) is 3.54. The van der Waals surface area contributed by atoms with Gasteiger partial charge in [0.2, 0.25) is 5.91 Å². The summed E-state index contributed by atoms with van der Waals surface area (Å²) < 4.78 is 0. The summed E-state index contributed by atoms with van der Waals surface area (Å²) in [4.78, 5) is 38.1. The quantitative estimate of drug-likeness (QED) is 0.625. The molecule has 0 aromatic heterocycles. The van der Waals surface area contributed by atoms with Crippen LogP contribution in [0.5, 0.6) is 0 Å². The zero-order valence-corrected chi connectivity index (χ0v) is 12.4. The number of likely N-dealkylation sites (N-methyl/N-ethyl adjacent to an activating group) is 1. The molecule has 20 heavy (non-hydrogen) atoms. The largest absolute Gasteiger partial charge is 0.351 e. The lowest BCUT2D eigenvalue weighted by Gasteiger charge is -2.32. The van der Waals surface area contributed by atoms with Gasteiger partial charge in [0.25, 0.3) is 0 Å². The monoisotopic (exact) mass is 304 g/mol. The lowest BCUT2D eigenvalue weighted by Crippen LogP contribution is -2.56. The topological polar surface area (TPSA) is 81.8 Å². The van der Waals surface area contributed by atoms with E-state index in [0.29, 0.717) is 19.6 Å².